The molecule has 1 fully saturated rings. The van der Waals surface area contributed by atoms with Crippen molar-refractivity contribution in [1.29, 1.82) is 0 Å². The van der Waals surface area contributed by atoms with Crippen LogP contribution in [0.2, 0.25) is 5.02 Å². The van der Waals surface area contributed by atoms with Gasteiger partial charge in [-0.25, -0.2) is 4.98 Å². The van der Waals surface area contributed by atoms with Gasteiger partial charge in [-0.15, -0.1) is 0 Å². The van der Waals surface area contributed by atoms with Crippen molar-refractivity contribution in [3.8, 4) is 11.3 Å². The zero-order valence-electron chi connectivity index (χ0n) is 17.5. The van der Waals surface area contributed by atoms with E-state index in [9.17, 15) is 9.90 Å². The molecule has 0 aliphatic heterocycles. The smallest absolute Gasteiger partial charge is 0.303 e. The maximum absolute atomic E-state index is 11.2. The van der Waals surface area contributed by atoms with Gasteiger partial charge in [0.05, 0.1) is 22.6 Å². The Morgan fingerprint density at radius 2 is 1.87 bits per heavy atom. The van der Waals surface area contributed by atoms with Gasteiger partial charge in [0.1, 0.15) is 5.82 Å². The molecule has 0 amide bonds. The lowest BCUT2D eigenvalue weighted by molar-refractivity contribution is -0.138. The molecule has 2 aromatic heterocycles. The average molecular weight is 436 g/mol. The van der Waals surface area contributed by atoms with E-state index < -0.39 is 5.97 Å². The molecular weight excluding hydrogens is 410 g/mol. The molecule has 0 saturated heterocycles. The molecule has 1 aliphatic rings. The molecule has 0 spiro atoms. The first-order valence-electron chi connectivity index (χ1n) is 10.7. The highest BCUT2D eigenvalue weighted by Gasteiger charge is 2.28. The van der Waals surface area contributed by atoms with E-state index in [0.29, 0.717) is 16.8 Å². The Labute approximate surface area is 187 Å². The van der Waals surface area contributed by atoms with Crippen LogP contribution in [0.4, 0.5) is 11.5 Å². The number of anilines is 2. The number of carboxylic acids is 1. The van der Waals surface area contributed by atoms with E-state index in [-0.39, 0.29) is 12.3 Å². The Kier molecular flexibility index (Phi) is 6.52. The van der Waals surface area contributed by atoms with Gasteiger partial charge in [-0.1, -0.05) is 48.7 Å². The quantitative estimate of drug-likeness (QED) is 0.456. The predicted octanol–water partition coefficient (Wildman–Crippen LogP) is 6.60. The first kappa shape index (κ1) is 21.3. The lowest BCUT2D eigenvalue weighted by atomic mass is 9.74. The summed E-state index contributed by atoms with van der Waals surface area (Å²) in [7, 11) is 0. The van der Waals surface area contributed by atoms with Crippen molar-refractivity contribution in [3.05, 3.63) is 71.0 Å². The summed E-state index contributed by atoms with van der Waals surface area (Å²) < 4.78 is 0. The number of nitrogens with one attached hydrogen (secondary N) is 1. The fourth-order valence-electron chi connectivity index (χ4n) is 4.42. The molecule has 2 atom stereocenters. The van der Waals surface area contributed by atoms with E-state index in [2.05, 4.69) is 39.6 Å². The van der Waals surface area contributed by atoms with Gasteiger partial charge in [0.15, 0.2) is 0 Å². The molecule has 5 nitrogen and oxygen atoms in total. The van der Waals surface area contributed by atoms with Crippen molar-refractivity contribution in [3.63, 3.8) is 0 Å². The van der Waals surface area contributed by atoms with Gasteiger partial charge in [0, 0.05) is 18.2 Å². The van der Waals surface area contributed by atoms with E-state index in [1.807, 2.05) is 25.1 Å². The van der Waals surface area contributed by atoms with Crippen molar-refractivity contribution >= 4 is 29.1 Å². The third-order valence-corrected chi connectivity index (χ3v) is 6.27. The summed E-state index contributed by atoms with van der Waals surface area (Å²) in [5.41, 5.74) is 4.97. The fraction of sp³-hybridized carbons (Fsp3) is 0.320. The number of hydrogen-bond donors (Lipinski definition) is 2. The summed E-state index contributed by atoms with van der Waals surface area (Å²) in [6, 6.07) is 14.2. The van der Waals surface area contributed by atoms with Crippen molar-refractivity contribution in [2.24, 2.45) is 5.92 Å². The van der Waals surface area contributed by atoms with Gasteiger partial charge in [-0.05, 0) is 60.9 Å². The summed E-state index contributed by atoms with van der Waals surface area (Å²) in [5, 5.41) is 13.0. The van der Waals surface area contributed by atoms with Crippen LogP contribution < -0.4 is 5.32 Å². The standard InChI is InChI=1S/C25H26ClN3O2/c1-16-12-22(26)25(28-14-16)29-20-10-11-23(27-15-20)18-8-6-17(7-9-18)21-5-3-2-4-19(21)13-24(30)31/h6-12,14-15,19,21H,2-5,13H2,1H3,(H,28,29)(H,30,31). The Balaban J connectivity index is 1.47. The molecule has 1 aliphatic carbocycles. The van der Waals surface area contributed by atoms with Crippen LogP contribution in [-0.2, 0) is 4.79 Å². The topological polar surface area (TPSA) is 75.1 Å². The summed E-state index contributed by atoms with van der Waals surface area (Å²) in [6.45, 7) is 1.95. The normalized spacial score (nSPS) is 18.5. The van der Waals surface area contributed by atoms with Crippen LogP contribution in [0.15, 0.2) is 54.9 Å². The number of hydrogen-bond acceptors (Lipinski definition) is 4. The molecule has 6 heteroatoms. The third-order valence-electron chi connectivity index (χ3n) is 5.98. The van der Waals surface area contributed by atoms with E-state index in [0.717, 1.165) is 41.8 Å². The number of pyridine rings is 2. The van der Waals surface area contributed by atoms with Gasteiger partial charge in [0.25, 0.3) is 0 Å². The van der Waals surface area contributed by atoms with Gasteiger partial charge in [0.2, 0.25) is 0 Å². The Hall–Kier alpha value is -2.92. The van der Waals surface area contributed by atoms with E-state index >= 15 is 0 Å². The molecule has 160 valence electrons. The second-order valence-corrected chi connectivity index (χ2v) is 8.68. The lowest BCUT2D eigenvalue weighted by Gasteiger charge is -2.31. The van der Waals surface area contributed by atoms with Gasteiger partial charge in [-0.2, -0.15) is 0 Å². The van der Waals surface area contributed by atoms with Crippen LogP contribution in [0, 0.1) is 12.8 Å². The summed E-state index contributed by atoms with van der Waals surface area (Å²) in [6.07, 6.45) is 8.14. The number of aliphatic carboxylic acids is 1. The molecule has 0 bridgehead atoms. The van der Waals surface area contributed by atoms with Crippen LogP contribution in [-0.4, -0.2) is 21.0 Å². The van der Waals surface area contributed by atoms with Crippen molar-refractivity contribution in [2.75, 3.05) is 5.32 Å². The van der Waals surface area contributed by atoms with Crippen molar-refractivity contribution < 1.29 is 9.90 Å². The van der Waals surface area contributed by atoms with Gasteiger partial charge >= 0.3 is 5.97 Å². The molecule has 2 heterocycles. The van der Waals surface area contributed by atoms with Gasteiger partial charge in [-0.3, -0.25) is 9.78 Å². The number of halogens is 1. The molecule has 1 aromatic carbocycles. The summed E-state index contributed by atoms with van der Waals surface area (Å²) in [5.74, 6) is 0.455. The van der Waals surface area contributed by atoms with E-state index in [1.54, 1.807) is 12.4 Å². The average Bonchev–Trinajstić information content (AvgIpc) is 2.76. The predicted molar refractivity (Wildman–Crippen MR) is 124 cm³/mol. The van der Waals surface area contributed by atoms with Crippen molar-refractivity contribution in [1.82, 2.24) is 9.97 Å². The minimum absolute atomic E-state index is 0.225. The molecule has 0 radical (unpaired) electrons. The molecule has 3 aromatic rings. The van der Waals surface area contributed by atoms with Crippen LogP contribution in [0.25, 0.3) is 11.3 Å². The largest absolute Gasteiger partial charge is 0.481 e. The molecular formula is C25H26ClN3O2. The lowest BCUT2D eigenvalue weighted by Crippen LogP contribution is -2.20. The molecule has 2 unspecified atom stereocenters. The summed E-state index contributed by atoms with van der Waals surface area (Å²) in [4.78, 5) is 20.1. The van der Waals surface area contributed by atoms with Crippen LogP contribution in [0.5, 0.6) is 0 Å². The van der Waals surface area contributed by atoms with Crippen LogP contribution >= 0.6 is 11.6 Å². The molecule has 4 rings (SSSR count). The molecule has 2 N–H and O–H groups in total. The second kappa shape index (κ2) is 9.48. The fourth-order valence-corrected chi connectivity index (χ4v) is 4.69. The Bertz CT molecular complexity index is 1050. The second-order valence-electron chi connectivity index (χ2n) is 8.27. The number of carbonyl (C=O) groups is 1. The summed E-state index contributed by atoms with van der Waals surface area (Å²) >= 11 is 6.25. The highest BCUT2D eigenvalue weighted by Crippen LogP contribution is 2.40. The highest BCUT2D eigenvalue weighted by atomic mass is 35.5. The van der Waals surface area contributed by atoms with E-state index in [1.165, 1.54) is 12.0 Å². The van der Waals surface area contributed by atoms with E-state index in [4.69, 9.17) is 11.6 Å². The highest BCUT2D eigenvalue weighted by molar-refractivity contribution is 6.33. The van der Waals surface area contributed by atoms with Gasteiger partial charge < -0.3 is 10.4 Å². The first-order valence-corrected chi connectivity index (χ1v) is 11.0. The number of aromatic nitrogens is 2. The Morgan fingerprint density at radius 3 is 2.55 bits per heavy atom. The Morgan fingerprint density at radius 1 is 1.10 bits per heavy atom. The monoisotopic (exact) mass is 435 g/mol. The zero-order valence-corrected chi connectivity index (χ0v) is 18.3. The molecule has 1 saturated carbocycles. The zero-order chi connectivity index (χ0) is 21.8. The van der Waals surface area contributed by atoms with Crippen LogP contribution in [0.1, 0.15) is 49.1 Å². The number of nitrogens with zero attached hydrogens (tertiary/aromatic N) is 2. The minimum Gasteiger partial charge on any atom is -0.481 e. The number of carboxylic acid groups (broad SMARTS) is 1. The number of aryl methyl sites for hydroxylation is 1. The molecule has 31 heavy (non-hydrogen) atoms. The van der Waals surface area contributed by atoms with Crippen LogP contribution in [0.3, 0.4) is 0 Å². The first-order chi connectivity index (χ1) is 15.0. The van der Waals surface area contributed by atoms with Crippen molar-refractivity contribution in [2.45, 2.75) is 44.9 Å². The number of benzene rings is 1. The maximum atomic E-state index is 11.2. The number of rotatable bonds is 6. The third kappa shape index (κ3) is 5.23. The SMILES string of the molecule is Cc1cnc(Nc2ccc(-c3ccc(C4CCCCC4CC(=O)O)cc3)nc2)c(Cl)c1. The minimum atomic E-state index is -0.700. The maximum Gasteiger partial charge on any atom is 0.303 e.